The van der Waals surface area contributed by atoms with Gasteiger partial charge in [-0.25, -0.2) is 0 Å². The summed E-state index contributed by atoms with van der Waals surface area (Å²) in [5.41, 5.74) is 3.81. The van der Waals surface area contributed by atoms with Crippen LogP contribution in [0.25, 0.3) is 0 Å². The molecule has 0 unspecified atom stereocenters. The maximum absolute atomic E-state index is 6.35. The third-order valence-electron chi connectivity index (χ3n) is 4.68. The van der Waals surface area contributed by atoms with Gasteiger partial charge in [-0.3, -0.25) is 0 Å². The molecule has 122 valence electrons. The molecular formula is C22H24OSi. The topological polar surface area (TPSA) is 9.23 Å². The lowest BCUT2D eigenvalue weighted by molar-refractivity contribution is 0.426. The van der Waals surface area contributed by atoms with Gasteiger partial charge in [-0.2, -0.15) is 0 Å². The number of hydrogen-bond donors (Lipinski definition) is 0. The Hall–Kier alpha value is -2.16. The molecule has 0 aliphatic rings. The molecule has 3 aromatic rings. The molecule has 0 atom stereocenters. The van der Waals surface area contributed by atoms with E-state index in [1.807, 2.05) is 7.11 Å². The number of hydrogen-bond acceptors (Lipinski definition) is 1. The highest BCUT2D eigenvalue weighted by Gasteiger charge is 2.40. The van der Waals surface area contributed by atoms with Gasteiger partial charge in [0.2, 0.25) is 0 Å². The highest BCUT2D eigenvalue weighted by atomic mass is 28.4. The molecule has 1 nitrogen and oxygen atoms in total. The predicted molar refractivity (Wildman–Crippen MR) is 105 cm³/mol. The van der Waals surface area contributed by atoms with E-state index in [0.717, 1.165) is 0 Å². The molecule has 0 bridgehead atoms. The second-order valence-electron chi connectivity index (χ2n) is 6.48. The van der Waals surface area contributed by atoms with Crippen LogP contribution in [0.4, 0.5) is 0 Å². The highest BCUT2D eigenvalue weighted by Crippen LogP contribution is 2.11. The van der Waals surface area contributed by atoms with Crippen LogP contribution in [-0.2, 0) is 4.43 Å². The number of aryl methyl sites for hydroxylation is 3. The normalized spacial score (nSPS) is 11.5. The first kappa shape index (κ1) is 16.7. The monoisotopic (exact) mass is 332 g/mol. The van der Waals surface area contributed by atoms with E-state index >= 15 is 0 Å². The fourth-order valence-corrected chi connectivity index (χ4v) is 6.83. The fourth-order valence-electron chi connectivity index (χ4n) is 3.22. The largest absolute Gasteiger partial charge is 0.408 e. The lowest BCUT2D eigenvalue weighted by atomic mass is 10.2. The molecule has 0 radical (unpaired) electrons. The molecule has 0 saturated carbocycles. The molecule has 3 aromatic carbocycles. The van der Waals surface area contributed by atoms with E-state index in [9.17, 15) is 0 Å². The summed E-state index contributed by atoms with van der Waals surface area (Å²) >= 11 is 0. The summed E-state index contributed by atoms with van der Waals surface area (Å²) in [6.45, 7) is 6.37. The third-order valence-corrected chi connectivity index (χ3v) is 8.73. The lowest BCUT2D eigenvalue weighted by Gasteiger charge is -2.31. The molecule has 0 heterocycles. The summed E-state index contributed by atoms with van der Waals surface area (Å²) in [5, 5.41) is 3.84. The van der Waals surface area contributed by atoms with E-state index in [0.29, 0.717) is 0 Å². The summed E-state index contributed by atoms with van der Waals surface area (Å²) in [5.74, 6) is 0. The van der Waals surface area contributed by atoms with Crippen LogP contribution in [-0.4, -0.2) is 15.4 Å². The second-order valence-corrected chi connectivity index (χ2v) is 9.99. The van der Waals surface area contributed by atoms with Gasteiger partial charge in [0, 0.05) is 7.11 Å². The molecule has 0 aliphatic heterocycles. The molecule has 0 aromatic heterocycles. The standard InChI is InChI=1S/C22H24OSi/c1-17-5-11-20(12-6-17)24(23-4,21-13-7-18(2)8-14-21)22-15-9-19(3)10-16-22/h5-16H,1-4H3. The van der Waals surface area contributed by atoms with E-state index in [2.05, 4.69) is 93.6 Å². The summed E-state index contributed by atoms with van der Waals surface area (Å²) in [6.07, 6.45) is 0. The Kier molecular flexibility index (Phi) is 4.70. The van der Waals surface area contributed by atoms with E-state index in [-0.39, 0.29) is 0 Å². The Labute approximate surface area is 146 Å². The van der Waals surface area contributed by atoms with Crippen molar-refractivity contribution in [1.29, 1.82) is 0 Å². The van der Waals surface area contributed by atoms with Crippen molar-refractivity contribution in [3.05, 3.63) is 89.5 Å². The molecule has 3 rings (SSSR count). The average molecular weight is 333 g/mol. The van der Waals surface area contributed by atoms with E-state index in [1.165, 1.54) is 32.3 Å². The molecule has 24 heavy (non-hydrogen) atoms. The Balaban J connectivity index is 2.27. The minimum atomic E-state index is -2.47. The van der Waals surface area contributed by atoms with Crippen molar-refractivity contribution in [3.63, 3.8) is 0 Å². The summed E-state index contributed by atoms with van der Waals surface area (Å²) in [7, 11) is -0.614. The van der Waals surface area contributed by atoms with Gasteiger partial charge in [-0.1, -0.05) is 89.5 Å². The summed E-state index contributed by atoms with van der Waals surface area (Å²) in [6, 6.07) is 26.4. The third kappa shape index (κ3) is 2.95. The smallest absolute Gasteiger partial charge is 0.287 e. The van der Waals surface area contributed by atoms with Gasteiger partial charge < -0.3 is 4.43 Å². The van der Waals surface area contributed by atoms with Crippen LogP contribution in [0.1, 0.15) is 16.7 Å². The van der Waals surface area contributed by atoms with Crippen molar-refractivity contribution in [2.45, 2.75) is 20.8 Å². The summed E-state index contributed by atoms with van der Waals surface area (Å²) in [4.78, 5) is 0. The van der Waals surface area contributed by atoms with Crippen LogP contribution in [0.3, 0.4) is 0 Å². The van der Waals surface area contributed by atoms with Crippen LogP contribution >= 0.6 is 0 Å². The van der Waals surface area contributed by atoms with E-state index < -0.39 is 8.32 Å². The van der Waals surface area contributed by atoms with Gasteiger partial charge in [0.05, 0.1) is 0 Å². The molecule has 0 spiro atoms. The second kappa shape index (κ2) is 6.76. The maximum atomic E-state index is 6.35. The molecule has 0 aliphatic carbocycles. The highest BCUT2D eigenvalue weighted by molar-refractivity contribution is 7.07. The average Bonchev–Trinajstić information content (AvgIpc) is 2.60. The van der Waals surface area contributed by atoms with Crippen molar-refractivity contribution in [3.8, 4) is 0 Å². The maximum Gasteiger partial charge on any atom is 0.287 e. The Morgan fingerprint density at radius 1 is 0.500 bits per heavy atom. The number of benzene rings is 3. The lowest BCUT2D eigenvalue weighted by Crippen LogP contribution is -2.68. The zero-order valence-electron chi connectivity index (χ0n) is 14.8. The molecular weight excluding hydrogens is 308 g/mol. The van der Waals surface area contributed by atoms with Crippen LogP contribution in [0, 0.1) is 20.8 Å². The number of rotatable bonds is 4. The first-order valence-electron chi connectivity index (χ1n) is 8.33. The molecule has 2 heteroatoms. The Bertz CT molecular complexity index is 691. The fraction of sp³-hybridized carbons (Fsp3) is 0.182. The minimum Gasteiger partial charge on any atom is -0.408 e. The molecule has 0 amide bonds. The van der Waals surface area contributed by atoms with E-state index in [4.69, 9.17) is 4.43 Å². The van der Waals surface area contributed by atoms with Gasteiger partial charge in [0.1, 0.15) is 0 Å². The van der Waals surface area contributed by atoms with Gasteiger partial charge in [0.25, 0.3) is 8.32 Å². The van der Waals surface area contributed by atoms with Gasteiger partial charge >= 0.3 is 0 Å². The molecule has 0 fully saturated rings. The first-order valence-corrected chi connectivity index (χ1v) is 10.2. The summed E-state index contributed by atoms with van der Waals surface area (Å²) < 4.78 is 6.35. The first-order chi connectivity index (χ1) is 11.6. The molecule has 0 saturated heterocycles. The van der Waals surface area contributed by atoms with Crippen LogP contribution in [0.2, 0.25) is 0 Å². The van der Waals surface area contributed by atoms with Crippen molar-refractivity contribution in [2.75, 3.05) is 7.11 Å². The Morgan fingerprint density at radius 3 is 0.958 bits per heavy atom. The van der Waals surface area contributed by atoms with Crippen LogP contribution in [0.15, 0.2) is 72.8 Å². The van der Waals surface area contributed by atoms with Crippen molar-refractivity contribution < 1.29 is 4.43 Å². The molecule has 0 N–H and O–H groups in total. The van der Waals surface area contributed by atoms with Crippen molar-refractivity contribution in [1.82, 2.24) is 0 Å². The Morgan fingerprint density at radius 2 is 0.750 bits per heavy atom. The minimum absolute atomic E-state index is 1.27. The van der Waals surface area contributed by atoms with E-state index in [1.54, 1.807) is 0 Å². The zero-order chi connectivity index (χ0) is 17.2. The van der Waals surface area contributed by atoms with Crippen LogP contribution < -0.4 is 15.6 Å². The predicted octanol–water partition coefficient (Wildman–Crippen LogP) is 3.23. The zero-order valence-corrected chi connectivity index (χ0v) is 15.8. The van der Waals surface area contributed by atoms with Gasteiger partial charge in [0.15, 0.2) is 0 Å². The van der Waals surface area contributed by atoms with Crippen molar-refractivity contribution >= 4 is 23.9 Å². The van der Waals surface area contributed by atoms with Gasteiger partial charge in [-0.05, 0) is 36.3 Å². The SMILES string of the molecule is CO[Si](c1ccc(C)cc1)(c1ccc(C)cc1)c1ccc(C)cc1. The van der Waals surface area contributed by atoms with Crippen molar-refractivity contribution in [2.24, 2.45) is 0 Å². The van der Waals surface area contributed by atoms with Gasteiger partial charge in [-0.15, -0.1) is 0 Å². The quantitative estimate of drug-likeness (QED) is 0.526. The van der Waals surface area contributed by atoms with Crippen LogP contribution in [0.5, 0.6) is 0 Å².